The zero-order valence-electron chi connectivity index (χ0n) is 28.4. The van der Waals surface area contributed by atoms with E-state index in [2.05, 4.69) is 187 Å². The van der Waals surface area contributed by atoms with Crippen LogP contribution in [0.5, 0.6) is 0 Å². The van der Waals surface area contributed by atoms with Crippen molar-refractivity contribution < 1.29 is 0 Å². The first-order chi connectivity index (χ1) is 25.8. The van der Waals surface area contributed by atoms with Gasteiger partial charge in [-0.1, -0.05) is 145 Å². The van der Waals surface area contributed by atoms with E-state index in [4.69, 9.17) is 0 Å². The lowest BCUT2D eigenvalue weighted by atomic mass is 9.62. The molecule has 3 heterocycles. The molecule has 3 heteroatoms. The molecule has 246 valence electrons. The van der Waals surface area contributed by atoms with Gasteiger partial charge in [0.15, 0.2) is 0 Å². The number of aromatic nitrogens is 1. The number of allylic oxidation sites excluding steroid dienone is 3. The summed E-state index contributed by atoms with van der Waals surface area (Å²) in [6.45, 7) is 0. The molecule has 1 nitrogen and oxygen atoms in total. The fraction of sp³-hybridized carbons (Fsp3) is 0.0612. The standard InChI is InChI=1S/C49H33NS2/c1-3-13-32(14-4-1)34-23-26-41-47(30-34)51-45-21-11-8-18-39(45)49(41)40-19-9-12-22-46(40)52-48-31-35(24-27-42(48)49)33-25-28-44-38(29-33)37-17-7-10-20-43(37)50(44)36-15-5-2-6-16-36/h1-21,23-31,46H,22H2. The summed E-state index contributed by atoms with van der Waals surface area (Å²) < 4.78 is 2.39. The summed E-state index contributed by atoms with van der Waals surface area (Å²) in [6, 6.07) is 61.0. The fourth-order valence-corrected chi connectivity index (χ4v) is 11.6. The summed E-state index contributed by atoms with van der Waals surface area (Å²) in [7, 11) is 0. The second-order valence-corrected chi connectivity index (χ2v) is 16.3. The number of thioether (sulfide) groups is 1. The molecule has 52 heavy (non-hydrogen) atoms. The number of nitrogens with zero attached hydrogens (tertiary/aromatic N) is 1. The normalized spacial score (nSPS) is 18.5. The van der Waals surface area contributed by atoms with Gasteiger partial charge in [0.1, 0.15) is 0 Å². The molecule has 2 atom stereocenters. The maximum Gasteiger partial charge on any atom is 0.0708 e. The molecule has 7 aromatic carbocycles. The van der Waals surface area contributed by atoms with Gasteiger partial charge >= 0.3 is 0 Å². The minimum absolute atomic E-state index is 0.358. The Morgan fingerprint density at radius 1 is 0.500 bits per heavy atom. The average Bonchev–Trinajstić information content (AvgIpc) is 3.55. The molecule has 1 spiro atoms. The van der Waals surface area contributed by atoms with Crippen molar-refractivity contribution >= 4 is 45.3 Å². The van der Waals surface area contributed by atoms with Gasteiger partial charge in [-0.05, 0) is 99.5 Å². The molecule has 0 amide bonds. The predicted octanol–water partition coefficient (Wildman–Crippen LogP) is 13.3. The summed E-state index contributed by atoms with van der Waals surface area (Å²) in [6.07, 6.45) is 8.09. The monoisotopic (exact) mass is 699 g/mol. The number of fused-ring (bicyclic) bond motifs is 11. The van der Waals surface area contributed by atoms with Gasteiger partial charge in [0.2, 0.25) is 0 Å². The number of hydrogen-bond acceptors (Lipinski definition) is 2. The lowest BCUT2D eigenvalue weighted by molar-refractivity contribution is 0.630. The van der Waals surface area contributed by atoms with Crippen molar-refractivity contribution in [2.75, 3.05) is 0 Å². The van der Waals surface area contributed by atoms with Crippen LogP contribution in [0, 0.1) is 0 Å². The largest absolute Gasteiger partial charge is 0.309 e. The quantitative estimate of drug-likeness (QED) is 0.181. The zero-order valence-corrected chi connectivity index (χ0v) is 30.0. The molecule has 8 aromatic rings. The minimum Gasteiger partial charge on any atom is -0.309 e. The highest BCUT2D eigenvalue weighted by atomic mass is 32.2. The van der Waals surface area contributed by atoms with Gasteiger partial charge < -0.3 is 4.57 Å². The number of benzene rings is 7. The Morgan fingerprint density at radius 2 is 1.13 bits per heavy atom. The van der Waals surface area contributed by atoms with Gasteiger partial charge in [-0.3, -0.25) is 0 Å². The van der Waals surface area contributed by atoms with E-state index in [1.54, 1.807) is 0 Å². The van der Waals surface area contributed by atoms with Crippen LogP contribution in [-0.4, -0.2) is 9.82 Å². The average molecular weight is 700 g/mol. The number of para-hydroxylation sites is 2. The third-order valence-corrected chi connectivity index (χ3v) is 13.7. The number of rotatable bonds is 3. The first-order valence-corrected chi connectivity index (χ1v) is 19.7. The van der Waals surface area contributed by atoms with Crippen LogP contribution in [0.3, 0.4) is 0 Å². The molecule has 11 rings (SSSR count). The summed E-state index contributed by atoms with van der Waals surface area (Å²) in [5, 5.41) is 2.92. The van der Waals surface area contributed by atoms with Crippen molar-refractivity contribution in [3.8, 4) is 27.9 Å². The highest BCUT2D eigenvalue weighted by Gasteiger charge is 2.51. The molecule has 0 radical (unpaired) electrons. The molecule has 0 saturated carbocycles. The summed E-state index contributed by atoms with van der Waals surface area (Å²) in [5.41, 5.74) is 14.0. The predicted molar refractivity (Wildman–Crippen MR) is 220 cm³/mol. The van der Waals surface area contributed by atoms with E-state index in [9.17, 15) is 0 Å². The smallest absolute Gasteiger partial charge is 0.0708 e. The van der Waals surface area contributed by atoms with Crippen LogP contribution < -0.4 is 0 Å². The molecule has 2 unspecified atom stereocenters. The van der Waals surface area contributed by atoms with Gasteiger partial charge in [0.25, 0.3) is 0 Å². The first kappa shape index (κ1) is 30.2. The molecule has 0 N–H and O–H groups in total. The van der Waals surface area contributed by atoms with Gasteiger partial charge in [-0.25, -0.2) is 0 Å². The minimum atomic E-state index is -0.367. The van der Waals surface area contributed by atoms with Crippen LogP contribution >= 0.6 is 23.5 Å². The highest BCUT2D eigenvalue weighted by molar-refractivity contribution is 8.00. The van der Waals surface area contributed by atoms with E-state index in [-0.39, 0.29) is 5.41 Å². The fourth-order valence-electron chi connectivity index (χ4n) is 8.97. The van der Waals surface area contributed by atoms with Gasteiger partial charge in [0, 0.05) is 36.4 Å². The van der Waals surface area contributed by atoms with E-state index in [1.807, 2.05) is 23.5 Å². The number of hydrogen-bond donors (Lipinski definition) is 0. The van der Waals surface area contributed by atoms with Crippen LogP contribution in [0.2, 0.25) is 0 Å². The van der Waals surface area contributed by atoms with Crippen molar-refractivity contribution in [2.24, 2.45) is 0 Å². The van der Waals surface area contributed by atoms with Gasteiger partial charge in [-0.2, -0.15) is 0 Å². The molecule has 0 saturated heterocycles. The van der Waals surface area contributed by atoms with Crippen LogP contribution in [0.1, 0.15) is 23.1 Å². The van der Waals surface area contributed by atoms with E-state index in [0.29, 0.717) is 5.25 Å². The molecule has 1 aromatic heterocycles. The van der Waals surface area contributed by atoms with Gasteiger partial charge in [0.05, 0.1) is 16.4 Å². The summed E-state index contributed by atoms with van der Waals surface area (Å²) in [4.78, 5) is 4.06. The SMILES string of the molecule is C1=CCC2Sc3cc(-c4ccc5c(c4)c4ccccc4n5-c4ccccc4)ccc3C3(C2=C1)c1ccccc1Sc1cc(-c2ccccc2)ccc13. The molecule has 2 aliphatic heterocycles. The Hall–Kier alpha value is -5.48. The summed E-state index contributed by atoms with van der Waals surface area (Å²) >= 11 is 3.97. The first-order valence-electron chi connectivity index (χ1n) is 18.0. The second kappa shape index (κ2) is 11.8. The molecule has 0 bridgehead atoms. The molecule has 1 aliphatic carbocycles. The van der Waals surface area contributed by atoms with Crippen LogP contribution in [-0.2, 0) is 5.41 Å². The van der Waals surface area contributed by atoms with Crippen molar-refractivity contribution in [1.82, 2.24) is 4.57 Å². The Bertz CT molecular complexity index is 2770. The van der Waals surface area contributed by atoms with E-state index < -0.39 is 0 Å². The Labute approximate surface area is 312 Å². The van der Waals surface area contributed by atoms with E-state index in [1.165, 1.54) is 86.7 Å². The zero-order chi connectivity index (χ0) is 34.2. The van der Waals surface area contributed by atoms with Crippen molar-refractivity contribution in [3.63, 3.8) is 0 Å². The lowest BCUT2D eigenvalue weighted by Crippen LogP contribution is -2.41. The highest BCUT2D eigenvalue weighted by Crippen LogP contribution is 2.63. The molecule has 0 fully saturated rings. The topological polar surface area (TPSA) is 4.93 Å². The van der Waals surface area contributed by atoms with Crippen molar-refractivity contribution in [3.05, 3.63) is 204 Å². The Balaban J connectivity index is 1.12. The molecular weight excluding hydrogens is 667 g/mol. The molecule has 3 aliphatic rings. The Kier molecular flexibility index (Phi) is 6.83. The van der Waals surface area contributed by atoms with E-state index in [0.717, 1.165) is 6.42 Å². The molecular formula is C49H33NS2. The lowest BCUT2D eigenvalue weighted by Gasteiger charge is -2.49. The Morgan fingerprint density at radius 3 is 2.00 bits per heavy atom. The third-order valence-electron chi connectivity index (χ3n) is 11.2. The maximum absolute atomic E-state index is 2.48. The van der Waals surface area contributed by atoms with Gasteiger partial charge in [-0.15, -0.1) is 11.8 Å². The second-order valence-electron chi connectivity index (χ2n) is 13.9. The van der Waals surface area contributed by atoms with Crippen LogP contribution in [0.25, 0.3) is 49.7 Å². The van der Waals surface area contributed by atoms with Crippen LogP contribution in [0.4, 0.5) is 0 Å². The van der Waals surface area contributed by atoms with Crippen molar-refractivity contribution in [2.45, 2.75) is 31.8 Å². The van der Waals surface area contributed by atoms with Crippen LogP contribution in [0.15, 0.2) is 202 Å². The summed E-state index contributed by atoms with van der Waals surface area (Å²) in [5.74, 6) is 0. The maximum atomic E-state index is 2.48. The van der Waals surface area contributed by atoms with E-state index >= 15 is 0 Å². The third kappa shape index (κ3) is 4.39. The van der Waals surface area contributed by atoms with Crippen molar-refractivity contribution in [1.29, 1.82) is 0 Å².